The molecule has 0 spiro atoms. The summed E-state index contributed by atoms with van der Waals surface area (Å²) in [6.45, 7) is 3.99. The van der Waals surface area contributed by atoms with E-state index in [1.165, 1.54) is 23.9 Å². The van der Waals surface area contributed by atoms with Crippen molar-refractivity contribution < 1.29 is 22.7 Å². The molecule has 0 N–H and O–H groups in total. The summed E-state index contributed by atoms with van der Waals surface area (Å²) in [6, 6.07) is 8.78. The Kier molecular flexibility index (Phi) is 6.70. The van der Waals surface area contributed by atoms with Crippen LogP contribution in [0.4, 0.5) is 18.9 Å². The molecule has 1 unspecified atom stereocenters. The van der Waals surface area contributed by atoms with Crippen molar-refractivity contribution in [3.8, 4) is 5.75 Å². The highest BCUT2D eigenvalue weighted by atomic mass is 32.2. The number of nitrogens with zero attached hydrogens (tertiary/aromatic N) is 3. The van der Waals surface area contributed by atoms with E-state index in [1.54, 1.807) is 12.3 Å². The molecular weight excluding hydrogens is 467 g/mol. The van der Waals surface area contributed by atoms with Crippen molar-refractivity contribution in [2.45, 2.75) is 38.1 Å². The predicted molar refractivity (Wildman–Crippen MR) is 126 cm³/mol. The van der Waals surface area contributed by atoms with Gasteiger partial charge in [0.05, 0.1) is 17.2 Å². The van der Waals surface area contributed by atoms with Crippen LogP contribution in [0, 0.1) is 11.8 Å². The molecule has 0 saturated heterocycles. The SMILES string of the molecule is CC1=C(COc2ccc(C)c3c2N=C(CC(=O)N=O)C3)SC(c2ccc(C(F)(F)F)cc2)C=N1. The van der Waals surface area contributed by atoms with E-state index in [-0.39, 0.29) is 18.3 Å². The summed E-state index contributed by atoms with van der Waals surface area (Å²) in [5.74, 6) is -0.220. The van der Waals surface area contributed by atoms with Gasteiger partial charge in [0.1, 0.15) is 18.0 Å². The van der Waals surface area contributed by atoms with Gasteiger partial charge in [0.25, 0.3) is 5.91 Å². The third-order valence-electron chi connectivity index (χ3n) is 5.59. The van der Waals surface area contributed by atoms with Gasteiger partial charge in [-0.15, -0.1) is 16.7 Å². The maximum Gasteiger partial charge on any atom is 0.416 e. The van der Waals surface area contributed by atoms with Crippen LogP contribution in [-0.4, -0.2) is 24.4 Å². The van der Waals surface area contributed by atoms with Crippen molar-refractivity contribution in [2.24, 2.45) is 15.2 Å². The first-order chi connectivity index (χ1) is 16.2. The summed E-state index contributed by atoms with van der Waals surface area (Å²) >= 11 is 1.47. The van der Waals surface area contributed by atoms with Gasteiger partial charge in [-0.05, 0) is 48.7 Å². The van der Waals surface area contributed by atoms with Gasteiger partial charge in [0, 0.05) is 34.1 Å². The number of aliphatic imine (C=N–C) groups is 2. The average Bonchev–Trinajstić information content (AvgIpc) is 3.23. The van der Waals surface area contributed by atoms with Gasteiger partial charge >= 0.3 is 6.18 Å². The second-order valence-electron chi connectivity index (χ2n) is 7.96. The van der Waals surface area contributed by atoms with E-state index in [9.17, 15) is 22.9 Å². The molecule has 2 heterocycles. The lowest BCUT2D eigenvalue weighted by Crippen LogP contribution is -2.09. The smallest absolute Gasteiger partial charge is 0.416 e. The minimum absolute atomic E-state index is 0.124. The number of rotatable bonds is 6. The molecule has 2 aliphatic heterocycles. The second-order valence-corrected chi connectivity index (χ2v) is 9.19. The number of halogens is 3. The number of ether oxygens (including phenoxy) is 1. The van der Waals surface area contributed by atoms with Crippen LogP contribution < -0.4 is 4.74 Å². The van der Waals surface area contributed by atoms with E-state index in [4.69, 9.17) is 4.74 Å². The summed E-state index contributed by atoms with van der Waals surface area (Å²) in [7, 11) is 0. The number of nitroso groups, excluding NO2 is 1. The zero-order chi connectivity index (χ0) is 24.5. The Morgan fingerprint density at radius 1 is 1.18 bits per heavy atom. The number of hydrogen-bond donors (Lipinski definition) is 0. The fraction of sp³-hybridized carbons (Fsp3) is 0.292. The van der Waals surface area contributed by atoms with Gasteiger partial charge < -0.3 is 4.74 Å². The summed E-state index contributed by atoms with van der Waals surface area (Å²) in [4.78, 5) is 31.6. The summed E-state index contributed by atoms with van der Waals surface area (Å²) in [5, 5.41) is 2.20. The summed E-state index contributed by atoms with van der Waals surface area (Å²) in [5.41, 5.74) is 3.93. The van der Waals surface area contributed by atoms with Gasteiger partial charge in [0.2, 0.25) is 0 Å². The molecule has 0 aliphatic carbocycles. The monoisotopic (exact) mass is 487 g/mol. The standard InChI is InChI=1S/C24H20F3N3O3S/c1-13-3-8-19(23-18(13)9-17(29-23)10-22(31)30-32)33-12-21-14(2)28-11-20(34-21)15-4-6-16(7-5-15)24(25,26)27/h3-8,11,20H,9-10,12H2,1-2H3. The van der Waals surface area contributed by atoms with Gasteiger partial charge in [-0.2, -0.15) is 13.2 Å². The van der Waals surface area contributed by atoms with E-state index in [0.29, 0.717) is 29.1 Å². The number of aryl methyl sites for hydroxylation is 1. The number of hydrogen-bond acceptors (Lipinski definition) is 6. The third kappa shape index (κ3) is 5.11. The molecule has 0 radical (unpaired) electrons. The van der Waals surface area contributed by atoms with Crippen molar-refractivity contribution in [3.05, 3.63) is 74.2 Å². The average molecular weight is 488 g/mol. The van der Waals surface area contributed by atoms with Crippen LogP contribution in [0.1, 0.15) is 40.8 Å². The van der Waals surface area contributed by atoms with Crippen molar-refractivity contribution in [2.75, 3.05) is 6.61 Å². The fourth-order valence-electron chi connectivity index (χ4n) is 3.71. The lowest BCUT2D eigenvalue weighted by molar-refractivity contribution is -0.137. The molecule has 2 aliphatic rings. The maximum atomic E-state index is 12.9. The molecule has 0 aromatic heterocycles. The van der Waals surface area contributed by atoms with Crippen LogP contribution in [0.15, 0.2) is 62.2 Å². The van der Waals surface area contributed by atoms with Crippen LogP contribution in [-0.2, 0) is 17.4 Å². The molecule has 0 fully saturated rings. The Labute approximate surface area is 198 Å². The highest BCUT2D eigenvalue weighted by molar-refractivity contribution is 8.04. The molecule has 2 aromatic carbocycles. The van der Waals surface area contributed by atoms with Gasteiger partial charge in [-0.25, -0.2) is 0 Å². The van der Waals surface area contributed by atoms with Crippen LogP contribution in [0.2, 0.25) is 0 Å². The number of alkyl halides is 3. The molecule has 34 heavy (non-hydrogen) atoms. The van der Waals surface area contributed by atoms with Crippen molar-refractivity contribution in [3.63, 3.8) is 0 Å². The molecular formula is C24H20F3N3O3S. The lowest BCUT2D eigenvalue weighted by atomic mass is 10.0. The Balaban J connectivity index is 1.48. The zero-order valence-electron chi connectivity index (χ0n) is 18.3. The molecule has 0 saturated carbocycles. The highest BCUT2D eigenvalue weighted by Crippen LogP contribution is 2.42. The Bertz CT molecular complexity index is 1230. The van der Waals surface area contributed by atoms with Gasteiger partial charge in [-0.1, -0.05) is 18.2 Å². The quantitative estimate of drug-likeness (QED) is 0.436. The van der Waals surface area contributed by atoms with E-state index < -0.39 is 17.6 Å². The molecule has 0 bridgehead atoms. The Morgan fingerprint density at radius 2 is 1.91 bits per heavy atom. The maximum absolute atomic E-state index is 12.9. The van der Waals surface area contributed by atoms with Crippen LogP contribution >= 0.6 is 11.8 Å². The summed E-state index contributed by atoms with van der Waals surface area (Å²) in [6.07, 6.45) is -2.34. The molecule has 6 nitrogen and oxygen atoms in total. The molecule has 1 atom stereocenters. The number of benzene rings is 2. The van der Waals surface area contributed by atoms with E-state index >= 15 is 0 Å². The topological polar surface area (TPSA) is 80.5 Å². The number of amides is 1. The largest absolute Gasteiger partial charge is 0.486 e. The molecule has 1 amide bonds. The summed E-state index contributed by atoms with van der Waals surface area (Å²) < 4.78 is 44.6. The van der Waals surface area contributed by atoms with Crippen LogP contribution in [0.3, 0.4) is 0 Å². The lowest BCUT2D eigenvalue weighted by Gasteiger charge is -2.21. The van der Waals surface area contributed by atoms with Crippen molar-refractivity contribution >= 4 is 35.3 Å². The number of carbonyl (C=O) groups excluding carboxylic acids is 1. The minimum atomic E-state index is -4.38. The van der Waals surface area contributed by atoms with Gasteiger partial charge in [-0.3, -0.25) is 14.8 Å². The first-order valence-corrected chi connectivity index (χ1v) is 11.3. The minimum Gasteiger partial charge on any atom is -0.486 e. The third-order valence-corrected chi connectivity index (χ3v) is 6.94. The Morgan fingerprint density at radius 3 is 2.59 bits per heavy atom. The highest BCUT2D eigenvalue weighted by Gasteiger charge is 2.30. The Hall–Kier alpha value is -3.27. The molecule has 2 aromatic rings. The van der Waals surface area contributed by atoms with Crippen LogP contribution in [0.5, 0.6) is 5.75 Å². The van der Waals surface area contributed by atoms with E-state index in [2.05, 4.69) is 15.2 Å². The predicted octanol–water partition coefficient (Wildman–Crippen LogP) is 6.49. The first kappa shape index (κ1) is 23.9. The van der Waals surface area contributed by atoms with E-state index in [1.807, 2.05) is 19.9 Å². The normalized spacial score (nSPS) is 17.4. The van der Waals surface area contributed by atoms with Crippen LogP contribution in [0.25, 0.3) is 0 Å². The molecule has 10 heteroatoms. The second kappa shape index (κ2) is 9.54. The van der Waals surface area contributed by atoms with Crippen molar-refractivity contribution in [1.82, 2.24) is 0 Å². The van der Waals surface area contributed by atoms with Crippen molar-refractivity contribution in [1.29, 1.82) is 0 Å². The zero-order valence-corrected chi connectivity index (χ0v) is 19.2. The number of thioether (sulfide) groups is 1. The number of fused-ring (bicyclic) bond motifs is 1. The number of carbonyl (C=O) groups is 1. The van der Waals surface area contributed by atoms with E-state index in [0.717, 1.165) is 33.9 Å². The number of allylic oxidation sites excluding steroid dienone is 1. The fourth-order valence-corrected chi connectivity index (χ4v) is 4.78. The molecule has 4 rings (SSSR count). The first-order valence-electron chi connectivity index (χ1n) is 10.4. The van der Waals surface area contributed by atoms with Gasteiger partial charge in [0.15, 0.2) is 0 Å². The molecule has 176 valence electrons.